The van der Waals surface area contributed by atoms with Crippen LogP contribution in [-0.4, -0.2) is 32.5 Å². The van der Waals surface area contributed by atoms with Crippen LogP contribution in [0.4, 0.5) is 0 Å². The highest BCUT2D eigenvalue weighted by Crippen LogP contribution is 2.41. The zero-order valence-electron chi connectivity index (χ0n) is 22.9. The van der Waals surface area contributed by atoms with Gasteiger partial charge < -0.3 is 18.6 Å². The van der Waals surface area contributed by atoms with E-state index in [0.29, 0.717) is 24.5 Å². The van der Waals surface area contributed by atoms with E-state index in [1.165, 1.54) is 0 Å². The maximum Gasteiger partial charge on any atom is 0.347 e. The fraction of sp³-hybridized carbons (Fsp3) is 0.571. The van der Waals surface area contributed by atoms with Crippen molar-refractivity contribution in [3.8, 4) is 11.6 Å². The lowest BCUT2D eigenvalue weighted by Crippen LogP contribution is -2.40. The van der Waals surface area contributed by atoms with Crippen LogP contribution >= 0.6 is 11.6 Å². The molecule has 0 fully saturated rings. The summed E-state index contributed by atoms with van der Waals surface area (Å²) in [5.41, 5.74) is 1.60. The molecule has 1 heterocycles. The Bertz CT molecular complexity index is 976. The zero-order chi connectivity index (χ0) is 26.8. The van der Waals surface area contributed by atoms with Crippen molar-refractivity contribution in [2.75, 3.05) is 13.2 Å². The minimum atomic E-state index is -2.10. The Kier molecular flexibility index (Phi) is 11.7. The largest absolute Gasteiger partial charge is 0.492 e. The van der Waals surface area contributed by atoms with Crippen molar-refractivity contribution in [3.63, 3.8) is 0 Å². The summed E-state index contributed by atoms with van der Waals surface area (Å²) in [6.07, 6.45) is 3.54. The molecule has 2 rings (SSSR count). The lowest BCUT2D eigenvalue weighted by molar-refractivity contribution is 0.0461. The number of rotatable bonds is 14. The first-order chi connectivity index (χ1) is 17.0. The van der Waals surface area contributed by atoms with Crippen LogP contribution in [0.15, 0.2) is 30.3 Å². The Hall–Kier alpha value is -2.09. The van der Waals surface area contributed by atoms with Gasteiger partial charge in [0.15, 0.2) is 13.9 Å². The number of nitrogens with zero attached hydrogens (tertiary/aromatic N) is 1. The van der Waals surface area contributed by atoms with E-state index in [9.17, 15) is 4.79 Å². The molecule has 0 aliphatic carbocycles. The summed E-state index contributed by atoms with van der Waals surface area (Å²) >= 11 is 6.67. The highest BCUT2D eigenvalue weighted by molar-refractivity contribution is 6.74. The molecule has 0 atom stereocenters. The highest BCUT2D eigenvalue weighted by atomic mass is 35.5. The van der Waals surface area contributed by atoms with Gasteiger partial charge in [0.1, 0.15) is 17.5 Å². The molecule has 0 aliphatic heterocycles. The molecule has 0 amide bonds. The lowest BCUT2D eigenvalue weighted by atomic mass is 10.1. The van der Waals surface area contributed by atoms with Crippen LogP contribution < -0.4 is 9.47 Å². The minimum absolute atomic E-state index is 0.0107. The van der Waals surface area contributed by atoms with E-state index in [4.69, 9.17) is 30.2 Å². The number of unbranched alkanes of at least 4 members (excludes halogenated alkanes) is 2. The number of pyridine rings is 1. The fourth-order valence-corrected chi connectivity index (χ4v) is 4.17. The summed E-state index contributed by atoms with van der Waals surface area (Å²) in [5, 5.41) is 0.225. The maximum atomic E-state index is 13.5. The van der Waals surface area contributed by atoms with E-state index in [2.05, 4.69) is 52.7 Å². The summed E-state index contributed by atoms with van der Waals surface area (Å²) in [6, 6.07) is 9.54. The van der Waals surface area contributed by atoms with E-state index >= 15 is 0 Å². The van der Waals surface area contributed by atoms with Gasteiger partial charge in [-0.3, -0.25) is 0 Å². The molecule has 0 N–H and O–H groups in total. The van der Waals surface area contributed by atoms with Crippen LogP contribution in [0.1, 0.15) is 81.8 Å². The molecule has 0 spiro atoms. The smallest absolute Gasteiger partial charge is 0.347 e. The van der Waals surface area contributed by atoms with Gasteiger partial charge in [-0.25, -0.2) is 9.78 Å². The molecule has 0 aliphatic rings. The standard InChI is InChI=1S/C28H42ClNO5Si/c1-8-10-17-32-24-22(20-35-36(6,7)28(3,4)5)25(29)30-26(33-18-11-9-2)23(24)27(31)34-19-21-15-13-12-14-16-21/h12-16H,8-11,17-20H2,1-7H3. The molecule has 8 heteroatoms. The Balaban J connectivity index is 2.50. The van der Waals surface area contributed by atoms with Gasteiger partial charge in [-0.05, 0) is 36.5 Å². The number of hydrogen-bond acceptors (Lipinski definition) is 6. The SMILES string of the molecule is CCCCOc1nc(Cl)c(CO[Si](C)(C)C(C)(C)C)c(OCCCC)c1C(=O)OCc1ccccc1. The molecule has 0 bridgehead atoms. The third-order valence-electron chi connectivity index (χ3n) is 6.45. The van der Waals surface area contributed by atoms with Gasteiger partial charge >= 0.3 is 5.97 Å². The van der Waals surface area contributed by atoms with E-state index in [1.54, 1.807) is 0 Å². The molecule has 0 saturated heterocycles. The van der Waals surface area contributed by atoms with Gasteiger partial charge in [0.05, 0.1) is 25.4 Å². The number of carbonyl (C=O) groups excluding carboxylic acids is 1. The van der Waals surface area contributed by atoms with Gasteiger partial charge in [-0.15, -0.1) is 0 Å². The number of ether oxygens (including phenoxy) is 3. The molecule has 1 aromatic carbocycles. The quantitative estimate of drug-likeness (QED) is 0.106. The van der Waals surface area contributed by atoms with Crippen LogP contribution in [0, 0.1) is 0 Å². The molecule has 0 unspecified atom stereocenters. The van der Waals surface area contributed by atoms with Crippen LogP contribution in [0.3, 0.4) is 0 Å². The van der Waals surface area contributed by atoms with Gasteiger partial charge in [-0.2, -0.15) is 0 Å². The van der Waals surface area contributed by atoms with Crippen LogP contribution in [0.2, 0.25) is 23.3 Å². The predicted molar refractivity (Wildman–Crippen MR) is 148 cm³/mol. The third kappa shape index (κ3) is 8.49. The normalized spacial score (nSPS) is 11.9. The molecule has 1 aromatic heterocycles. The second kappa shape index (κ2) is 14.0. The van der Waals surface area contributed by atoms with Crippen molar-refractivity contribution in [1.29, 1.82) is 0 Å². The van der Waals surface area contributed by atoms with Gasteiger partial charge in [0.25, 0.3) is 0 Å². The Morgan fingerprint density at radius 3 is 2.17 bits per heavy atom. The Labute approximate surface area is 222 Å². The topological polar surface area (TPSA) is 66.9 Å². The average molecular weight is 536 g/mol. The van der Waals surface area contributed by atoms with E-state index in [1.807, 2.05) is 30.3 Å². The van der Waals surface area contributed by atoms with E-state index < -0.39 is 14.3 Å². The summed E-state index contributed by atoms with van der Waals surface area (Å²) < 4.78 is 24.3. The predicted octanol–water partition coefficient (Wildman–Crippen LogP) is 7.97. The highest BCUT2D eigenvalue weighted by Gasteiger charge is 2.38. The summed E-state index contributed by atoms with van der Waals surface area (Å²) in [5.74, 6) is -0.0876. The Morgan fingerprint density at radius 1 is 0.972 bits per heavy atom. The summed E-state index contributed by atoms with van der Waals surface area (Å²) in [7, 11) is -2.10. The first-order valence-corrected chi connectivity index (χ1v) is 16.1. The first-order valence-electron chi connectivity index (χ1n) is 12.8. The molecular formula is C28H42ClNO5Si. The van der Waals surface area contributed by atoms with Crippen LogP contribution in [0.25, 0.3) is 0 Å². The first kappa shape index (κ1) is 30.1. The molecule has 36 heavy (non-hydrogen) atoms. The number of aromatic nitrogens is 1. The average Bonchev–Trinajstić information content (AvgIpc) is 2.82. The molecule has 2 aromatic rings. The third-order valence-corrected chi connectivity index (χ3v) is 11.2. The number of hydrogen-bond donors (Lipinski definition) is 0. The monoisotopic (exact) mass is 535 g/mol. The van der Waals surface area contributed by atoms with Crippen molar-refractivity contribution in [3.05, 3.63) is 52.2 Å². The maximum absolute atomic E-state index is 13.5. The molecule has 200 valence electrons. The van der Waals surface area contributed by atoms with Crippen molar-refractivity contribution in [2.45, 2.75) is 91.6 Å². The van der Waals surface area contributed by atoms with Gasteiger partial charge in [-0.1, -0.05) is 89.4 Å². The van der Waals surface area contributed by atoms with Gasteiger partial charge in [0.2, 0.25) is 5.88 Å². The molecule has 0 radical (unpaired) electrons. The van der Waals surface area contributed by atoms with Crippen LogP contribution in [-0.2, 0) is 22.4 Å². The Morgan fingerprint density at radius 2 is 1.58 bits per heavy atom. The van der Waals surface area contributed by atoms with E-state index in [0.717, 1.165) is 31.2 Å². The molecule has 6 nitrogen and oxygen atoms in total. The van der Waals surface area contributed by atoms with E-state index in [-0.39, 0.29) is 34.8 Å². The van der Waals surface area contributed by atoms with Crippen molar-refractivity contribution in [1.82, 2.24) is 4.98 Å². The number of carbonyl (C=O) groups is 1. The number of halogens is 1. The summed E-state index contributed by atoms with van der Waals surface area (Å²) in [6.45, 7) is 16.2. The molecular weight excluding hydrogens is 494 g/mol. The zero-order valence-corrected chi connectivity index (χ0v) is 24.7. The lowest BCUT2D eigenvalue weighted by Gasteiger charge is -2.36. The number of benzene rings is 1. The van der Waals surface area contributed by atoms with Crippen molar-refractivity contribution >= 4 is 25.9 Å². The fourth-order valence-electron chi connectivity index (χ4n) is 3.02. The van der Waals surface area contributed by atoms with Crippen molar-refractivity contribution < 1.29 is 23.4 Å². The second-order valence-electron chi connectivity index (χ2n) is 10.4. The van der Waals surface area contributed by atoms with Crippen molar-refractivity contribution in [2.24, 2.45) is 0 Å². The second-order valence-corrected chi connectivity index (χ2v) is 15.6. The minimum Gasteiger partial charge on any atom is -0.492 e. The molecule has 0 saturated carbocycles. The van der Waals surface area contributed by atoms with Crippen LogP contribution in [0.5, 0.6) is 11.6 Å². The summed E-state index contributed by atoms with van der Waals surface area (Å²) in [4.78, 5) is 17.9. The van der Waals surface area contributed by atoms with Gasteiger partial charge in [0, 0.05) is 0 Å². The number of esters is 1.